The molecule has 0 nitrogen and oxygen atoms in total. The molecular formula is C7H10S. The third-order valence-electron chi connectivity index (χ3n) is 1.03. The largest absolute Gasteiger partial charge is 0.223 e. The number of rotatable bonds is 2. The summed E-state index contributed by atoms with van der Waals surface area (Å²) in [6.45, 7) is 3.66. The van der Waals surface area contributed by atoms with E-state index in [1.807, 2.05) is 6.08 Å². The average molecular weight is 126 g/mol. The van der Waals surface area contributed by atoms with Crippen molar-refractivity contribution < 1.29 is 0 Å². The summed E-state index contributed by atoms with van der Waals surface area (Å²) in [6.07, 6.45) is 7.29. The van der Waals surface area contributed by atoms with Crippen molar-refractivity contribution in [3.63, 3.8) is 0 Å². The van der Waals surface area contributed by atoms with Gasteiger partial charge in [-0.3, -0.25) is 0 Å². The fourth-order valence-electron chi connectivity index (χ4n) is 0.650. The molecule has 1 rings (SSSR count). The fraction of sp³-hybridized carbons (Fsp3) is 0.143. The highest BCUT2D eigenvalue weighted by molar-refractivity contribution is 8.06. The van der Waals surface area contributed by atoms with E-state index in [2.05, 4.69) is 24.1 Å². The zero-order valence-corrected chi connectivity index (χ0v) is 5.72. The van der Waals surface area contributed by atoms with Crippen molar-refractivity contribution in [1.29, 1.82) is 0 Å². The SMILES string of the molecule is C=CCC1=CC=C[SH2]1. The van der Waals surface area contributed by atoms with E-state index in [0.717, 1.165) is 18.2 Å². The van der Waals surface area contributed by atoms with Gasteiger partial charge in [0.1, 0.15) is 0 Å². The van der Waals surface area contributed by atoms with Crippen molar-refractivity contribution in [2.75, 3.05) is 0 Å². The Morgan fingerprint density at radius 3 is 3.12 bits per heavy atom. The van der Waals surface area contributed by atoms with Crippen LogP contribution in [0.5, 0.6) is 0 Å². The highest BCUT2D eigenvalue weighted by Gasteiger charge is 1.91. The van der Waals surface area contributed by atoms with Crippen LogP contribution in [-0.4, -0.2) is 0 Å². The van der Waals surface area contributed by atoms with E-state index >= 15 is 0 Å². The summed E-state index contributed by atoms with van der Waals surface area (Å²) in [6, 6.07) is 0. The lowest BCUT2D eigenvalue weighted by Gasteiger charge is -1.93. The van der Waals surface area contributed by atoms with E-state index in [1.54, 1.807) is 0 Å². The van der Waals surface area contributed by atoms with Crippen LogP contribution in [0.2, 0.25) is 0 Å². The van der Waals surface area contributed by atoms with Crippen molar-refractivity contribution in [3.8, 4) is 0 Å². The first-order chi connectivity index (χ1) is 3.93. The quantitative estimate of drug-likeness (QED) is 0.497. The lowest BCUT2D eigenvalue weighted by atomic mass is 10.4. The Labute approximate surface area is 54.0 Å². The van der Waals surface area contributed by atoms with Crippen molar-refractivity contribution in [1.82, 2.24) is 0 Å². The molecule has 0 spiro atoms. The average Bonchev–Trinajstić information content (AvgIpc) is 2.19. The summed E-state index contributed by atoms with van der Waals surface area (Å²) in [4.78, 5) is 1.50. The molecule has 8 heavy (non-hydrogen) atoms. The maximum atomic E-state index is 3.66. The van der Waals surface area contributed by atoms with Gasteiger partial charge in [0.25, 0.3) is 0 Å². The van der Waals surface area contributed by atoms with Gasteiger partial charge in [-0.15, -0.1) is 6.58 Å². The summed E-state index contributed by atoms with van der Waals surface area (Å²) in [5, 5.41) is 2.19. The van der Waals surface area contributed by atoms with E-state index < -0.39 is 0 Å². The van der Waals surface area contributed by atoms with Gasteiger partial charge in [-0.05, 0) is 16.7 Å². The summed E-state index contributed by atoms with van der Waals surface area (Å²) in [7, 11) is 0. The van der Waals surface area contributed by atoms with Gasteiger partial charge in [-0.25, -0.2) is 11.8 Å². The molecule has 0 bridgehead atoms. The van der Waals surface area contributed by atoms with Gasteiger partial charge < -0.3 is 0 Å². The monoisotopic (exact) mass is 126 g/mol. The Hall–Kier alpha value is -0.430. The number of hydrogen-bond acceptors (Lipinski definition) is 0. The molecule has 0 atom stereocenters. The minimum atomic E-state index is 0.916. The summed E-state index contributed by atoms with van der Waals surface area (Å²) < 4.78 is 0. The third-order valence-corrected chi connectivity index (χ3v) is 2.13. The van der Waals surface area contributed by atoms with Gasteiger partial charge in [0.15, 0.2) is 0 Å². The smallest absolute Gasteiger partial charge is 0.00563 e. The van der Waals surface area contributed by atoms with E-state index in [9.17, 15) is 0 Å². The molecule has 1 aliphatic heterocycles. The van der Waals surface area contributed by atoms with Crippen molar-refractivity contribution in [2.24, 2.45) is 0 Å². The highest BCUT2D eigenvalue weighted by Crippen LogP contribution is 2.25. The van der Waals surface area contributed by atoms with Crippen LogP contribution in [0.4, 0.5) is 0 Å². The zero-order chi connectivity index (χ0) is 5.82. The molecule has 44 valence electrons. The van der Waals surface area contributed by atoms with Crippen LogP contribution in [0, 0.1) is 0 Å². The van der Waals surface area contributed by atoms with E-state index in [1.165, 1.54) is 4.91 Å². The molecule has 0 aliphatic carbocycles. The Morgan fingerprint density at radius 1 is 1.75 bits per heavy atom. The van der Waals surface area contributed by atoms with Crippen LogP contribution in [0.25, 0.3) is 0 Å². The van der Waals surface area contributed by atoms with Gasteiger partial charge in [0.2, 0.25) is 0 Å². The normalized spacial score (nSPS) is 21.2. The summed E-state index contributed by atoms with van der Waals surface area (Å²) >= 11 is 0.916. The molecule has 0 saturated heterocycles. The standard InChI is InChI=1S/C7H10S/c1-2-4-7-5-3-6-8-7/h2-3,5-6H,1,4,8H2. The van der Waals surface area contributed by atoms with Crippen molar-refractivity contribution in [3.05, 3.63) is 35.1 Å². The second kappa shape index (κ2) is 2.78. The summed E-state index contributed by atoms with van der Waals surface area (Å²) in [5.74, 6) is 0. The van der Waals surface area contributed by atoms with Crippen LogP contribution < -0.4 is 0 Å². The van der Waals surface area contributed by atoms with Crippen molar-refractivity contribution in [2.45, 2.75) is 6.42 Å². The minimum absolute atomic E-state index is 0.916. The van der Waals surface area contributed by atoms with Crippen molar-refractivity contribution >= 4 is 11.8 Å². The highest BCUT2D eigenvalue weighted by atomic mass is 32.2. The van der Waals surface area contributed by atoms with E-state index in [4.69, 9.17) is 0 Å². The van der Waals surface area contributed by atoms with Crippen LogP contribution in [0.1, 0.15) is 6.42 Å². The molecule has 0 fully saturated rings. The van der Waals surface area contributed by atoms with Gasteiger partial charge in [-0.2, -0.15) is 0 Å². The predicted molar refractivity (Wildman–Crippen MR) is 42.4 cm³/mol. The fourth-order valence-corrected chi connectivity index (χ4v) is 1.51. The topological polar surface area (TPSA) is 0 Å². The molecule has 0 N–H and O–H groups in total. The van der Waals surface area contributed by atoms with Crippen LogP contribution in [0.15, 0.2) is 35.1 Å². The third kappa shape index (κ3) is 1.27. The van der Waals surface area contributed by atoms with Gasteiger partial charge in [-0.1, -0.05) is 18.2 Å². The molecule has 0 aromatic heterocycles. The zero-order valence-electron chi connectivity index (χ0n) is 4.72. The first kappa shape index (κ1) is 5.70. The second-order valence-corrected chi connectivity index (χ2v) is 2.95. The lowest BCUT2D eigenvalue weighted by Crippen LogP contribution is -1.63. The predicted octanol–water partition coefficient (Wildman–Crippen LogP) is 2.17. The molecule has 1 heterocycles. The molecule has 0 radical (unpaired) electrons. The Morgan fingerprint density at radius 2 is 2.62 bits per heavy atom. The first-order valence-corrected chi connectivity index (χ1v) is 3.74. The molecule has 0 aromatic rings. The summed E-state index contributed by atoms with van der Waals surface area (Å²) in [5.41, 5.74) is 0. The van der Waals surface area contributed by atoms with Crippen LogP contribution in [0.3, 0.4) is 0 Å². The first-order valence-electron chi connectivity index (χ1n) is 2.66. The van der Waals surface area contributed by atoms with Gasteiger partial charge >= 0.3 is 0 Å². The number of hydrogen-bond donors (Lipinski definition) is 0. The van der Waals surface area contributed by atoms with E-state index in [-0.39, 0.29) is 0 Å². The minimum Gasteiger partial charge on any atom is -0.223 e. The Kier molecular flexibility index (Phi) is 1.98. The Balaban J connectivity index is 2.39. The molecule has 0 aromatic carbocycles. The maximum absolute atomic E-state index is 3.66. The van der Waals surface area contributed by atoms with Crippen LogP contribution >= 0.6 is 11.8 Å². The molecular weight excluding hydrogens is 116 g/mol. The molecule has 1 heteroatoms. The molecule has 0 amide bonds. The maximum Gasteiger partial charge on any atom is -0.00563 e. The Bertz CT molecular complexity index is 142. The van der Waals surface area contributed by atoms with Gasteiger partial charge in [0, 0.05) is 0 Å². The van der Waals surface area contributed by atoms with Crippen LogP contribution in [-0.2, 0) is 0 Å². The molecule has 1 aliphatic rings. The van der Waals surface area contributed by atoms with Gasteiger partial charge in [0.05, 0.1) is 0 Å². The second-order valence-electron chi connectivity index (χ2n) is 1.69. The number of allylic oxidation sites excluding steroid dienone is 4. The van der Waals surface area contributed by atoms with E-state index in [0.29, 0.717) is 0 Å². The lowest BCUT2D eigenvalue weighted by molar-refractivity contribution is 1.38. The molecule has 0 saturated carbocycles. The molecule has 0 unspecified atom stereocenters.